The fraction of sp³-hybridized carbons (Fsp3) is 0.312. The number of amides is 1. The summed E-state index contributed by atoms with van der Waals surface area (Å²) in [5, 5.41) is 4.28. The Morgan fingerprint density at radius 2 is 2.00 bits per heavy atom. The van der Waals surface area contributed by atoms with Gasteiger partial charge in [-0.1, -0.05) is 18.2 Å². The maximum Gasteiger partial charge on any atom is 0.278 e. The van der Waals surface area contributed by atoms with Gasteiger partial charge in [0.15, 0.2) is 5.69 Å². The quantitative estimate of drug-likeness (QED) is 0.892. The molecule has 1 aliphatic heterocycles. The molecule has 23 heavy (non-hydrogen) atoms. The van der Waals surface area contributed by atoms with Gasteiger partial charge in [0.1, 0.15) is 0 Å². The van der Waals surface area contributed by atoms with Crippen molar-refractivity contribution >= 4 is 18.3 Å². The Balaban J connectivity index is 0.00000192. The van der Waals surface area contributed by atoms with E-state index in [2.05, 4.69) is 5.10 Å². The Morgan fingerprint density at radius 1 is 1.30 bits per heavy atom. The minimum atomic E-state index is -0.352. The molecule has 0 bridgehead atoms. The highest BCUT2D eigenvalue weighted by Gasteiger charge is 2.27. The number of nitrogens with zero attached hydrogens (tertiary/aromatic N) is 3. The molecular weight excluding hydrogens is 316 g/mol. The number of rotatable bonds is 2. The monoisotopic (exact) mass is 334 g/mol. The van der Waals surface area contributed by atoms with Gasteiger partial charge in [-0.2, -0.15) is 5.10 Å². The molecule has 7 heteroatoms. The lowest BCUT2D eigenvalue weighted by Crippen LogP contribution is -2.36. The van der Waals surface area contributed by atoms with Crippen LogP contribution in [-0.2, 0) is 0 Å². The minimum absolute atomic E-state index is 0. The van der Waals surface area contributed by atoms with Gasteiger partial charge in [0.25, 0.3) is 5.91 Å². The molecule has 1 aromatic carbocycles. The molecule has 3 rings (SSSR count). The topological polar surface area (TPSA) is 81.2 Å². The van der Waals surface area contributed by atoms with E-state index in [4.69, 9.17) is 5.73 Å². The van der Waals surface area contributed by atoms with E-state index in [-0.39, 0.29) is 35.5 Å². The summed E-state index contributed by atoms with van der Waals surface area (Å²) >= 11 is 0. The molecule has 1 saturated heterocycles. The summed E-state index contributed by atoms with van der Waals surface area (Å²) in [6.07, 6.45) is 0.754. The first kappa shape index (κ1) is 17.2. The Kier molecular flexibility index (Phi) is 5.18. The third kappa shape index (κ3) is 3.43. The van der Waals surface area contributed by atoms with Crippen LogP contribution in [0.4, 0.5) is 0 Å². The number of benzene rings is 1. The van der Waals surface area contributed by atoms with Crippen molar-refractivity contribution < 1.29 is 4.79 Å². The molecule has 0 saturated carbocycles. The fourth-order valence-corrected chi connectivity index (χ4v) is 2.65. The summed E-state index contributed by atoms with van der Waals surface area (Å²) in [5.74, 6) is -0.345. The van der Waals surface area contributed by atoms with Crippen LogP contribution >= 0.6 is 12.4 Å². The van der Waals surface area contributed by atoms with Crippen LogP contribution < -0.4 is 11.2 Å². The van der Waals surface area contributed by atoms with Crippen LogP contribution in [0.2, 0.25) is 0 Å². The average Bonchev–Trinajstić information content (AvgIpc) is 2.94. The van der Waals surface area contributed by atoms with Gasteiger partial charge in [-0.3, -0.25) is 9.59 Å². The second kappa shape index (κ2) is 6.93. The summed E-state index contributed by atoms with van der Waals surface area (Å²) in [4.78, 5) is 26.2. The molecule has 1 fully saturated rings. The molecule has 0 unspecified atom stereocenters. The summed E-state index contributed by atoms with van der Waals surface area (Å²) < 4.78 is 1.62. The number of likely N-dealkylation sites (tertiary alicyclic amines) is 1. The zero-order valence-electron chi connectivity index (χ0n) is 12.8. The molecule has 1 aliphatic rings. The lowest BCUT2D eigenvalue weighted by Gasteiger charge is -2.16. The van der Waals surface area contributed by atoms with E-state index in [9.17, 15) is 9.59 Å². The zero-order valence-corrected chi connectivity index (χ0v) is 13.6. The van der Waals surface area contributed by atoms with Crippen molar-refractivity contribution in [3.63, 3.8) is 0 Å². The highest BCUT2D eigenvalue weighted by atomic mass is 35.5. The van der Waals surface area contributed by atoms with Gasteiger partial charge in [-0.25, -0.2) is 4.68 Å². The van der Waals surface area contributed by atoms with E-state index in [1.807, 2.05) is 30.3 Å². The van der Waals surface area contributed by atoms with Crippen LogP contribution in [0.15, 0.2) is 41.2 Å². The summed E-state index contributed by atoms with van der Waals surface area (Å²) in [7, 11) is 0. The molecule has 0 spiro atoms. The maximum absolute atomic E-state index is 12.5. The highest BCUT2D eigenvalue weighted by molar-refractivity contribution is 5.92. The number of hydrogen-bond acceptors (Lipinski definition) is 4. The molecule has 2 N–H and O–H groups in total. The summed E-state index contributed by atoms with van der Waals surface area (Å²) in [6.45, 7) is 2.83. The zero-order chi connectivity index (χ0) is 15.7. The molecule has 122 valence electrons. The lowest BCUT2D eigenvalue weighted by molar-refractivity contribution is 0.0781. The molecule has 1 amide bonds. The van der Waals surface area contributed by atoms with Gasteiger partial charge >= 0.3 is 0 Å². The van der Waals surface area contributed by atoms with Crippen LogP contribution in [0.1, 0.15) is 22.6 Å². The first-order chi connectivity index (χ1) is 10.6. The van der Waals surface area contributed by atoms with E-state index < -0.39 is 0 Å². The number of halogens is 1. The predicted molar refractivity (Wildman–Crippen MR) is 90.3 cm³/mol. The average molecular weight is 335 g/mol. The van der Waals surface area contributed by atoms with Crippen molar-refractivity contribution in [3.05, 3.63) is 58.0 Å². The molecule has 1 aromatic heterocycles. The van der Waals surface area contributed by atoms with Gasteiger partial charge in [0.05, 0.1) is 5.69 Å². The van der Waals surface area contributed by atoms with Crippen molar-refractivity contribution in [1.82, 2.24) is 14.7 Å². The molecule has 1 atom stereocenters. The Hall–Kier alpha value is -2.18. The van der Waals surface area contributed by atoms with Gasteiger partial charge in [0, 0.05) is 30.9 Å². The van der Waals surface area contributed by atoms with Crippen molar-refractivity contribution in [2.45, 2.75) is 19.4 Å². The van der Waals surface area contributed by atoms with E-state index in [0.717, 1.165) is 12.1 Å². The predicted octanol–water partition coefficient (Wildman–Crippen LogP) is 1.14. The number of hydrogen-bond donors (Lipinski definition) is 1. The number of aryl methyl sites for hydroxylation is 1. The van der Waals surface area contributed by atoms with Gasteiger partial charge < -0.3 is 10.6 Å². The van der Waals surface area contributed by atoms with Crippen LogP contribution in [-0.4, -0.2) is 39.7 Å². The highest BCUT2D eigenvalue weighted by Crippen LogP contribution is 2.12. The van der Waals surface area contributed by atoms with Crippen LogP contribution in [0.5, 0.6) is 0 Å². The van der Waals surface area contributed by atoms with Crippen molar-refractivity contribution in [1.29, 1.82) is 0 Å². The maximum atomic E-state index is 12.5. The van der Waals surface area contributed by atoms with E-state index in [1.54, 1.807) is 16.5 Å². The summed E-state index contributed by atoms with van der Waals surface area (Å²) in [6, 6.07) is 10.9. The normalized spacial score (nSPS) is 17.0. The summed E-state index contributed by atoms with van der Waals surface area (Å²) in [5.41, 5.74) is 6.92. The lowest BCUT2D eigenvalue weighted by atomic mass is 10.2. The third-order valence-electron chi connectivity index (χ3n) is 3.82. The van der Waals surface area contributed by atoms with Crippen molar-refractivity contribution in [3.8, 4) is 5.69 Å². The minimum Gasteiger partial charge on any atom is -0.336 e. The Bertz CT molecular complexity index is 760. The largest absolute Gasteiger partial charge is 0.336 e. The molecule has 6 nitrogen and oxygen atoms in total. The number of carbonyl (C=O) groups excluding carboxylic acids is 1. The second-order valence-corrected chi connectivity index (χ2v) is 5.55. The molecule has 2 heterocycles. The Labute approximate surface area is 140 Å². The van der Waals surface area contributed by atoms with Crippen LogP contribution in [0.3, 0.4) is 0 Å². The van der Waals surface area contributed by atoms with Gasteiger partial charge in [0.2, 0.25) is 5.43 Å². The van der Waals surface area contributed by atoms with Gasteiger partial charge in [-0.05, 0) is 25.5 Å². The smallest absolute Gasteiger partial charge is 0.278 e. The molecule has 0 aliphatic carbocycles. The first-order valence-corrected chi connectivity index (χ1v) is 7.27. The Morgan fingerprint density at radius 3 is 2.61 bits per heavy atom. The van der Waals surface area contributed by atoms with Crippen LogP contribution in [0.25, 0.3) is 5.69 Å². The SMILES string of the molecule is Cc1cc(=O)c(C(=O)N2CC[C@@H](N)C2)nn1-c1ccccc1.Cl. The number of aromatic nitrogens is 2. The van der Waals surface area contributed by atoms with Crippen molar-refractivity contribution in [2.75, 3.05) is 13.1 Å². The van der Waals surface area contributed by atoms with Gasteiger partial charge in [-0.15, -0.1) is 12.4 Å². The van der Waals surface area contributed by atoms with E-state index in [0.29, 0.717) is 18.8 Å². The second-order valence-electron chi connectivity index (χ2n) is 5.55. The molecule has 0 radical (unpaired) electrons. The fourth-order valence-electron chi connectivity index (χ4n) is 2.65. The molecule has 2 aromatic rings. The molecular formula is C16H19ClN4O2. The number of carbonyl (C=O) groups is 1. The third-order valence-corrected chi connectivity index (χ3v) is 3.82. The van der Waals surface area contributed by atoms with Crippen molar-refractivity contribution in [2.24, 2.45) is 5.73 Å². The number of nitrogens with two attached hydrogens (primary N) is 1. The van der Waals surface area contributed by atoms with E-state index in [1.165, 1.54) is 6.07 Å². The standard InChI is InChI=1S/C16H18N4O2.ClH/c1-11-9-14(21)15(16(22)19-8-7-12(17)10-19)18-20(11)13-5-3-2-4-6-13;/h2-6,9,12H,7-8,10,17H2,1H3;1H/t12-;/m1./s1. The van der Waals surface area contributed by atoms with Crippen LogP contribution in [0, 0.1) is 6.92 Å². The van der Waals surface area contributed by atoms with E-state index >= 15 is 0 Å². The first-order valence-electron chi connectivity index (χ1n) is 7.27. The number of para-hydroxylation sites is 1.